The number of carbonyl (C=O) groups is 7. The fourth-order valence-electron chi connectivity index (χ4n) is 8.77. The van der Waals surface area contributed by atoms with Crippen LogP contribution in [0.15, 0.2) is 84.9 Å². The van der Waals surface area contributed by atoms with Crippen molar-refractivity contribution in [3.8, 4) is 33.8 Å². The number of carbonyl (C=O) groups excluding carboxylic acids is 7. The molecule has 0 spiro atoms. The van der Waals surface area contributed by atoms with Crippen molar-refractivity contribution >= 4 is 41.9 Å². The lowest BCUT2D eigenvalue weighted by molar-refractivity contribution is -0.141. The summed E-state index contributed by atoms with van der Waals surface area (Å²) in [6, 6.07) is 20.7. The normalized spacial score (nSPS) is 15.9. The average Bonchev–Trinajstić information content (AvgIpc) is 2.85. The van der Waals surface area contributed by atoms with Crippen molar-refractivity contribution in [3.05, 3.63) is 107 Å². The number of nitrogens with zero attached hydrogens (tertiary/aromatic N) is 1. The molecule has 4 aromatic rings. The molecular weight excluding hydrogens is 1050 g/mol. The summed E-state index contributed by atoms with van der Waals surface area (Å²) < 4.78 is 28.9. The van der Waals surface area contributed by atoms with Crippen LogP contribution in [0, 0.1) is 0 Å². The molecule has 1 aliphatic heterocycles. The fraction of sp³-hybridized carbons (Fsp3) is 0.500. The quantitative estimate of drug-likeness (QED) is 0.0306. The third-order valence-electron chi connectivity index (χ3n) is 12.7. The van der Waals surface area contributed by atoms with Crippen LogP contribution < -0.4 is 41.4 Å². The highest BCUT2D eigenvalue weighted by Gasteiger charge is 2.36. The van der Waals surface area contributed by atoms with Gasteiger partial charge < -0.3 is 65.6 Å². The zero-order chi connectivity index (χ0) is 60.4. The fourth-order valence-corrected chi connectivity index (χ4v) is 8.77. The van der Waals surface area contributed by atoms with Gasteiger partial charge in [-0.15, -0.1) is 0 Å². The van der Waals surface area contributed by atoms with Gasteiger partial charge in [0.05, 0.1) is 25.7 Å². The third-order valence-corrected chi connectivity index (χ3v) is 12.7. The molecule has 0 radical (unpaired) electrons. The Labute approximate surface area is 482 Å². The maximum atomic E-state index is 15.2. The van der Waals surface area contributed by atoms with E-state index in [-0.39, 0.29) is 69.0 Å². The van der Waals surface area contributed by atoms with Gasteiger partial charge in [-0.05, 0) is 166 Å². The topological polar surface area (TPSA) is 261 Å². The number of unbranched alkanes of at least 4 members (excludes halogenated alkanes) is 1. The second kappa shape index (κ2) is 29.7. The Morgan fingerprint density at radius 1 is 0.659 bits per heavy atom. The molecule has 82 heavy (non-hydrogen) atoms. The van der Waals surface area contributed by atoms with Crippen LogP contribution in [-0.4, -0.2) is 133 Å². The Bertz CT molecular complexity index is 2820. The van der Waals surface area contributed by atoms with Gasteiger partial charge in [-0.1, -0.05) is 61.9 Å². The standard InChI is InChI=1S/C62H85N7O13/c1-13-14-16-40-18-21-42(22-19-40)43-23-25-44(26-24-43)54(72)68-49(17-15-30-63-57(75)80-60(3,4)5)56(74)69(12)52-45-27-29-51(79-34-32-65-59(77)82-62(9,10)11)48(37-45)47-36-41(35-46(38-70)67-53(71)39(2)66-55(52)73)20-28-50(47)78-33-31-64-58(76)81-61(6,7)8/h18-29,36-37,39,46,49,52,70H,13-17,30-35,38H2,1-12H3,(H,63,75)(H,64,76)(H,65,77)(H,66,73)(H,67,71)(H,68,72)/t39-,46-,49-,52-/m0/s1. The second-order valence-corrected chi connectivity index (χ2v) is 23.3. The molecule has 446 valence electrons. The minimum absolute atomic E-state index is 0.00844. The minimum atomic E-state index is -1.47. The molecule has 4 aromatic carbocycles. The lowest BCUT2D eigenvalue weighted by Gasteiger charge is -2.33. The first-order valence-electron chi connectivity index (χ1n) is 28.1. The van der Waals surface area contributed by atoms with Crippen molar-refractivity contribution in [2.24, 2.45) is 0 Å². The second-order valence-electron chi connectivity index (χ2n) is 23.3. The highest BCUT2D eigenvalue weighted by Crippen LogP contribution is 2.40. The number of aliphatic hydroxyl groups is 1. The summed E-state index contributed by atoms with van der Waals surface area (Å²) in [5.41, 5.74) is 2.88. The van der Waals surface area contributed by atoms with Gasteiger partial charge >= 0.3 is 18.3 Å². The smallest absolute Gasteiger partial charge is 0.407 e. The number of alkyl carbamates (subject to hydrolysis) is 3. The predicted octanol–water partition coefficient (Wildman–Crippen LogP) is 8.31. The molecule has 4 bridgehead atoms. The number of aryl methyl sites for hydroxylation is 1. The Balaban J connectivity index is 1.58. The lowest BCUT2D eigenvalue weighted by atomic mass is 9.93. The molecule has 0 fully saturated rings. The van der Waals surface area contributed by atoms with E-state index in [4.69, 9.17) is 23.7 Å². The van der Waals surface area contributed by atoms with Gasteiger partial charge in [0.2, 0.25) is 17.7 Å². The van der Waals surface area contributed by atoms with E-state index in [1.807, 2.05) is 24.3 Å². The first kappa shape index (κ1) is 64.9. The van der Waals surface area contributed by atoms with Gasteiger partial charge in [-0.3, -0.25) is 19.2 Å². The molecule has 20 heteroatoms. The number of benzene rings is 4. The molecule has 5 rings (SSSR count). The molecule has 0 saturated carbocycles. The summed E-state index contributed by atoms with van der Waals surface area (Å²) in [7, 11) is 1.42. The summed E-state index contributed by atoms with van der Waals surface area (Å²) in [5, 5.41) is 27.1. The number of amides is 7. The van der Waals surface area contributed by atoms with E-state index in [2.05, 4.69) is 51.0 Å². The summed E-state index contributed by atoms with van der Waals surface area (Å²) in [6.45, 7) is 19.0. The molecule has 4 atom stereocenters. The van der Waals surface area contributed by atoms with E-state index in [1.54, 1.807) is 111 Å². The molecule has 20 nitrogen and oxygen atoms in total. The van der Waals surface area contributed by atoms with Crippen LogP contribution >= 0.6 is 0 Å². The number of fused-ring (bicyclic) bond motifs is 5. The summed E-state index contributed by atoms with van der Waals surface area (Å²) in [4.78, 5) is 97.3. The Hall–Kier alpha value is -7.87. The molecule has 0 saturated heterocycles. The molecule has 0 aliphatic carbocycles. The molecule has 1 heterocycles. The third kappa shape index (κ3) is 20.9. The predicted molar refractivity (Wildman–Crippen MR) is 312 cm³/mol. The van der Waals surface area contributed by atoms with Crippen LogP contribution in [0.5, 0.6) is 11.5 Å². The molecule has 7 N–H and O–H groups in total. The van der Waals surface area contributed by atoms with Gasteiger partial charge in [0.15, 0.2) is 0 Å². The van der Waals surface area contributed by atoms with Crippen molar-refractivity contribution in [1.29, 1.82) is 0 Å². The van der Waals surface area contributed by atoms with E-state index in [1.165, 1.54) is 24.4 Å². The first-order valence-corrected chi connectivity index (χ1v) is 28.1. The van der Waals surface area contributed by atoms with Crippen LogP contribution in [0.3, 0.4) is 0 Å². The van der Waals surface area contributed by atoms with Crippen LogP contribution in [0.2, 0.25) is 0 Å². The van der Waals surface area contributed by atoms with E-state index < -0.39 is 89.5 Å². The minimum Gasteiger partial charge on any atom is -0.491 e. The molecular formula is C62H85N7O13. The largest absolute Gasteiger partial charge is 0.491 e. The van der Waals surface area contributed by atoms with Crippen molar-refractivity contribution in [2.45, 2.75) is 156 Å². The number of rotatable bonds is 21. The summed E-state index contributed by atoms with van der Waals surface area (Å²) >= 11 is 0. The summed E-state index contributed by atoms with van der Waals surface area (Å²) in [6.07, 6.45) is 1.58. The van der Waals surface area contributed by atoms with Gasteiger partial charge in [-0.2, -0.15) is 0 Å². The van der Waals surface area contributed by atoms with E-state index >= 15 is 4.79 Å². The number of nitrogens with one attached hydrogen (secondary N) is 6. The first-order chi connectivity index (χ1) is 38.6. The van der Waals surface area contributed by atoms with E-state index in [9.17, 15) is 33.9 Å². The monoisotopic (exact) mass is 1140 g/mol. The van der Waals surface area contributed by atoms with Crippen LogP contribution in [-0.2, 0) is 41.4 Å². The highest BCUT2D eigenvalue weighted by molar-refractivity contribution is 5.99. The number of hydrogen-bond acceptors (Lipinski definition) is 13. The molecule has 0 unspecified atom stereocenters. The number of hydrogen-bond donors (Lipinski definition) is 7. The molecule has 7 amide bonds. The Kier molecular flexibility index (Phi) is 23.5. The number of likely N-dealkylation sites (N-methyl/N-ethyl adjacent to an activating group) is 1. The molecule has 1 aliphatic rings. The maximum absolute atomic E-state index is 15.2. The van der Waals surface area contributed by atoms with Crippen LogP contribution in [0.4, 0.5) is 14.4 Å². The Morgan fingerprint density at radius 2 is 1.17 bits per heavy atom. The zero-order valence-corrected chi connectivity index (χ0v) is 49.7. The maximum Gasteiger partial charge on any atom is 0.407 e. The van der Waals surface area contributed by atoms with Gasteiger partial charge in [0.25, 0.3) is 5.91 Å². The lowest BCUT2D eigenvalue weighted by Crippen LogP contribution is -2.54. The van der Waals surface area contributed by atoms with E-state index in [0.29, 0.717) is 22.4 Å². The van der Waals surface area contributed by atoms with E-state index in [0.717, 1.165) is 30.4 Å². The van der Waals surface area contributed by atoms with Crippen LogP contribution in [0.1, 0.15) is 135 Å². The van der Waals surface area contributed by atoms with Gasteiger partial charge in [0.1, 0.15) is 59.6 Å². The number of ether oxygens (including phenoxy) is 5. The zero-order valence-electron chi connectivity index (χ0n) is 49.7. The van der Waals surface area contributed by atoms with Crippen LogP contribution in [0.25, 0.3) is 22.3 Å². The van der Waals surface area contributed by atoms with Crippen molar-refractivity contribution in [2.75, 3.05) is 46.5 Å². The highest BCUT2D eigenvalue weighted by atomic mass is 16.6. The van der Waals surface area contributed by atoms with Crippen molar-refractivity contribution < 1.29 is 62.4 Å². The Morgan fingerprint density at radius 3 is 1.70 bits per heavy atom. The average molecular weight is 1140 g/mol. The van der Waals surface area contributed by atoms with Crippen molar-refractivity contribution in [1.82, 2.24) is 36.8 Å². The SMILES string of the molecule is CCCCc1ccc(-c2ccc(C(=O)N[C@@H](CCCNC(=O)OC(C)(C)C)C(=O)N(C)[C@@H]3C(=O)N[C@@H](C)C(=O)N[C@H](CO)Cc4ccc(OCCNC(=O)OC(C)(C)C)c(c4)-c4cc3ccc4OCCNC(=O)OC(C)(C)C)cc2)cc1. The molecule has 0 aromatic heterocycles. The number of aliphatic hydroxyl groups excluding tert-OH is 1. The van der Waals surface area contributed by atoms with Gasteiger partial charge in [-0.25, -0.2) is 14.4 Å². The van der Waals surface area contributed by atoms with Crippen molar-refractivity contribution in [3.63, 3.8) is 0 Å². The van der Waals surface area contributed by atoms with Gasteiger partial charge in [0, 0.05) is 30.3 Å². The summed E-state index contributed by atoms with van der Waals surface area (Å²) in [5.74, 6) is -2.01.